The zero-order chi connectivity index (χ0) is 14.7. The highest BCUT2D eigenvalue weighted by molar-refractivity contribution is 5.91. The maximum Gasteiger partial charge on any atom is 0.287 e. The number of anilines is 1. The first-order chi connectivity index (χ1) is 10.2. The van der Waals surface area contributed by atoms with Crippen molar-refractivity contribution in [1.29, 1.82) is 0 Å². The molecule has 3 heterocycles. The minimum atomic E-state index is -0.192. The van der Waals surface area contributed by atoms with Crippen molar-refractivity contribution < 1.29 is 9.21 Å². The summed E-state index contributed by atoms with van der Waals surface area (Å²) in [6, 6.07) is 7.44. The Bertz CT molecular complexity index is 630. The lowest BCUT2D eigenvalue weighted by atomic mass is 10.2. The number of furan rings is 1. The van der Waals surface area contributed by atoms with Crippen LogP contribution in [0, 0.1) is 6.92 Å². The van der Waals surface area contributed by atoms with E-state index in [2.05, 4.69) is 15.2 Å². The summed E-state index contributed by atoms with van der Waals surface area (Å²) in [4.78, 5) is 18.6. The maximum atomic E-state index is 11.9. The number of amides is 1. The first-order valence-electron chi connectivity index (χ1n) is 7.27. The fraction of sp³-hybridized carbons (Fsp3) is 0.375. The van der Waals surface area contributed by atoms with Crippen LogP contribution in [0.3, 0.4) is 0 Å². The Morgan fingerprint density at radius 1 is 1.33 bits per heavy atom. The zero-order valence-corrected chi connectivity index (χ0v) is 12.1. The van der Waals surface area contributed by atoms with Gasteiger partial charge in [0.05, 0.1) is 0 Å². The molecule has 1 fully saturated rings. The van der Waals surface area contributed by atoms with Crippen LogP contribution < -0.4 is 10.2 Å². The largest absolute Gasteiger partial charge is 0.456 e. The highest BCUT2D eigenvalue weighted by Gasteiger charge is 2.14. The molecule has 1 aliphatic heterocycles. The number of carbonyl (C=O) groups excluding carboxylic acids is 1. The first-order valence-corrected chi connectivity index (χ1v) is 7.27. The number of hydrogen-bond donors (Lipinski definition) is 1. The number of aryl methyl sites for hydroxylation is 1. The lowest BCUT2D eigenvalue weighted by Gasteiger charge is -2.16. The molecule has 110 valence electrons. The number of hydrogen-bond acceptors (Lipinski definition) is 4. The van der Waals surface area contributed by atoms with Crippen molar-refractivity contribution >= 4 is 11.7 Å². The van der Waals surface area contributed by atoms with Crippen molar-refractivity contribution in [3.8, 4) is 0 Å². The summed E-state index contributed by atoms with van der Waals surface area (Å²) >= 11 is 0. The summed E-state index contributed by atoms with van der Waals surface area (Å²) in [7, 11) is 0. The van der Waals surface area contributed by atoms with E-state index in [9.17, 15) is 4.79 Å². The lowest BCUT2D eigenvalue weighted by molar-refractivity contribution is 0.0922. The van der Waals surface area contributed by atoms with E-state index < -0.39 is 0 Å². The molecule has 1 N–H and O–H groups in total. The predicted octanol–water partition coefficient (Wildman–Crippen LogP) is 2.51. The summed E-state index contributed by atoms with van der Waals surface area (Å²) < 4.78 is 5.31. The maximum absolute atomic E-state index is 11.9. The van der Waals surface area contributed by atoms with E-state index in [-0.39, 0.29) is 5.91 Å². The van der Waals surface area contributed by atoms with Crippen LogP contribution in [0.2, 0.25) is 0 Å². The molecule has 5 heteroatoms. The highest BCUT2D eigenvalue weighted by atomic mass is 16.3. The molecule has 0 aliphatic carbocycles. The van der Waals surface area contributed by atoms with Crippen LogP contribution in [0.15, 0.2) is 34.9 Å². The SMILES string of the molecule is Cc1ccc(C(=O)NCc2ccnc(N3CCCC3)c2)o1. The van der Waals surface area contributed by atoms with Gasteiger partial charge in [-0.1, -0.05) is 0 Å². The monoisotopic (exact) mass is 285 g/mol. The van der Waals surface area contributed by atoms with Crippen LogP contribution in [0.1, 0.15) is 34.7 Å². The molecule has 5 nitrogen and oxygen atoms in total. The van der Waals surface area contributed by atoms with Crippen molar-refractivity contribution in [2.45, 2.75) is 26.3 Å². The topological polar surface area (TPSA) is 58.4 Å². The number of pyridine rings is 1. The molecule has 0 bridgehead atoms. The van der Waals surface area contributed by atoms with Gasteiger partial charge in [0.15, 0.2) is 5.76 Å². The molecule has 21 heavy (non-hydrogen) atoms. The minimum Gasteiger partial charge on any atom is -0.456 e. The zero-order valence-electron chi connectivity index (χ0n) is 12.1. The van der Waals surface area contributed by atoms with Gasteiger partial charge in [-0.05, 0) is 49.6 Å². The molecule has 1 aliphatic rings. The minimum absolute atomic E-state index is 0.192. The summed E-state index contributed by atoms with van der Waals surface area (Å²) in [6.07, 6.45) is 4.24. The smallest absolute Gasteiger partial charge is 0.287 e. The molecule has 0 aromatic carbocycles. The third kappa shape index (κ3) is 3.24. The van der Waals surface area contributed by atoms with Gasteiger partial charge in [-0.2, -0.15) is 0 Å². The second-order valence-corrected chi connectivity index (χ2v) is 5.31. The Hall–Kier alpha value is -2.30. The Morgan fingerprint density at radius 3 is 2.86 bits per heavy atom. The molecule has 0 atom stereocenters. The quantitative estimate of drug-likeness (QED) is 0.937. The molecular formula is C16H19N3O2. The van der Waals surface area contributed by atoms with E-state index in [0.29, 0.717) is 12.3 Å². The molecule has 0 spiro atoms. The van der Waals surface area contributed by atoms with Gasteiger partial charge in [0, 0.05) is 25.8 Å². The number of nitrogens with one attached hydrogen (secondary N) is 1. The van der Waals surface area contributed by atoms with Gasteiger partial charge in [-0.15, -0.1) is 0 Å². The third-order valence-electron chi connectivity index (χ3n) is 3.66. The summed E-state index contributed by atoms with van der Waals surface area (Å²) in [6.45, 7) is 4.42. The van der Waals surface area contributed by atoms with Gasteiger partial charge >= 0.3 is 0 Å². The van der Waals surface area contributed by atoms with Crippen molar-refractivity contribution in [3.05, 3.63) is 47.5 Å². The van der Waals surface area contributed by atoms with Crippen molar-refractivity contribution in [1.82, 2.24) is 10.3 Å². The van der Waals surface area contributed by atoms with Crippen LogP contribution in [0.5, 0.6) is 0 Å². The van der Waals surface area contributed by atoms with E-state index in [1.807, 2.05) is 19.1 Å². The fourth-order valence-electron chi connectivity index (χ4n) is 2.52. The van der Waals surface area contributed by atoms with Crippen LogP contribution in [-0.2, 0) is 6.54 Å². The average molecular weight is 285 g/mol. The number of carbonyl (C=O) groups is 1. The number of rotatable bonds is 4. The average Bonchev–Trinajstić information content (AvgIpc) is 3.16. The standard InChI is InChI=1S/C16H19N3O2/c1-12-4-5-14(21-12)16(20)18-11-13-6-7-17-15(10-13)19-8-2-3-9-19/h4-7,10H,2-3,8-9,11H2,1H3,(H,18,20). The Balaban J connectivity index is 1.62. The first kappa shape index (κ1) is 13.7. The van der Waals surface area contributed by atoms with Crippen LogP contribution in [0.25, 0.3) is 0 Å². The Labute approximate surface area is 124 Å². The number of aromatic nitrogens is 1. The summed E-state index contributed by atoms with van der Waals surface area (Å²) in [5.74, 6) is 1.89. The van der Waals surface area contributed by atoms with E-state index >= 15 is 0 Å². The van der Waals surface area contributed by atoms with Crippen LogP contribution >= 0.6 is 0 Å². The summed E-state index contributed by atoms with van der Waals surface area (Å²) in [5, 5.41) is 2.87. The van der Waals surface area contributed by atoms with Gasteiger partial charge < -0.3 is 14.6 Å². The molecular weight excluding hydrogens is 266 g/mol. The van der Waals surface area contributed by atoms with E-state index in [1.165, 1.54) is 12.8 Å². The van der Waals surface area contributed by atoms with E-state index in [0.717, 1.165) is 30.2 Å². The van der Waals surface area contributed by atoms with E-state index in [1.54, 1.807) is 18.3 Å². The van der Waals surface area contributed by atoms with E-state index in [4.69, 9.17) is 4.42 Å². The third-order valence-corrected chi connectivity index (χ3v) is 3.66. The van der Waals surface area contributed by atoms with Gasteiger partial charge in [0.2, 0.25) is 0 Å². The molecule has 1 saturated heterocycles. The second-order valence-electron chi connectivity index (χ2n) is 5.31. The molecule has 2 aromatic heterocycles. The molecule has 0 saturated carbocycles. The Morgan fingerprint density at radius 2 is 2.14 bits per heavy atom. The van der Waals surface area contributed by atoms with Gasteiger partial charge in [-0.3, -0.25) is 4.79 Å². The second kappa shape index (κ2) is 5.99. The summed E-state index contributed by atoms with van der Waals surface area (Å²) in [5.41, 5.74) is 1.04. The molecule has 1 amide bonds. The highest BCUT2D eigenvalue weighted by Crippen LogP contribution is 2.18. The number of nitrogens with zero attached hydrogens (tertiary/aromatic N) is 2. The fourth-order valence-corrected chi connectivity index (χ4v) is 2.52. The normalized spacial score (nSPS) is 14.4. The predicted molar refractivity (Wildman–Crippen MR) is 80.3 cm³/mol. The van der Waals surface area contributed by atoms with Crippen molar-refractivity contribution in [2.75, 3.05) is 18.0 Å². The molecule has 0 unspecified atom stereocenters. The van der Waals surface area contributed by atoms with Gasteiger partial charge in [-0.25, -0.2) is 4.98 Å². The van der Waals surface area contributed by atoms with Crippen molar-refractivity contribution in [2.24, 2.45) is 0 Å². The molecule has 0 radical (unpaired) electrons. The van der Waals surface area contributed by atoms with Gasteiger partial charge in [0.1, 0.15) is 11.6 Å². The lowest BCUT2D eigenvalue weighted by Crippen LogP contribution is -2.23. The Kier molecular flexibility index (Phi) is 3.90. The van der Waals surface area contributed by atoms with Crippen LogP contribution in [0.4, 0.5) is 5.82 Å². The van der Waals surface area contributed by atoms with Crippen LogP contribution in [-0.4, -0.2) is 24.0 Å². The molecule has 3 rings (SSSR count). The van der Waals surface area contributed by atoms with Crippen molar-refractivity contribution in [3.63, 3.8) is 0 Å². The molecule has 2 aromatic rings. The van der Waals surface area contributed by atoms with Gasteiger partial charge in [0.25, 0.3) is 5.91 Å².